The summed E-state index contributed by atoms with van der Waals surface area (Å²) >= 11 is 1.35. The monoisotopic (exact) mass is 571 g/mol. The molecule has 0 spiro atoms. The van der Waals surface area contributed by atoms with Gasteiger partial charge in [-0.3, -0.25) is 4.79 Å². The molecule has 0 bridgehead atoms. The first-order valence-corrected chi connectivity index (χ1v) is 15.3. The van der Waals surface area contributed by atoms with Gasteiger partial charge in [0.05, 0.1) is 35.8 Å². The molecule has 2 unspecified atom stereocenters. The van der Waals surface area contributed by atoms with E-state index in [0.717, 1.165) is 0 Å². The Morgan fingerprint density at radius 1 is 1.10 bits per heavy atom. The minimum atomic E-state index is -3.61. The molecule has 0 N–H and O–H groups in total. The Labute approximate surface area is 231 Å². The van der Waals surface area contributed by atoms with Crippen LogP contribution in [-0.2, 0) is 14.8 Å². The van der Waals surface area contributed by atoms with Crippen LogP contribution in [0.15, 0.2) is 64.9 Å². The van der Waals surface area contributed by atoms with E-state index < -0.39 is 10.0 Å². The molecule has 3 heterocycles. The maximum atomic E-state index is 15.3. The average Bonchev–Trinajstić information content (AvgIpc) is 3.34. The van der Waals surface area contributed by atoms with Gasteiger partial charge < -0.3 is 19.3 Å². The number of thiophene rings is 1. The Balaban J connectivity index is 1.18. The number of anilines is 2. The minimum Gasteiger partial charge on any atom is -0.497 e. The molecule has 3 fully saturated rings. The van der Waals surface area contributed by atoms with Crippen LogP contribution in [0.3, 0.4) is 0 Å². The number of hydrogen-bond acceptors (Lipinski definition) is 7. The summed E-state index contributed by atoms with van der Waals surface area (Å²) in [4.78, 5) is 18.0. The van der Waals surface area contributed by atoms with Crippen molar-refractivity contribution in [3.8, 4) is 5.75 Å². The van der Waals surface area contributed by atoms with Crippen LogP contribution in [-0.4, -0.2) is 71.7 Å². The Bertz CT molecular complexity index is 1430. The van der Waals surface area contributed by atoms with E-state index in [1.165, 1.54) is 28.8 Å². The number of benzene rings is 2. The normalized spacial score (nSPS) is 22.9. The van der Waals surface area contributed by atoms with Crippen molar-refractivity contribution in [1.82, 2.24) is 4.31 Å². The van der Waals surface area contributed by atoms with Crippen molar-refractivity contribution in [2.75, 3.05) is 62.8 Å². The van der Waals surface area contributed by atoms with Crippen LogP contribution in [0.25, 0.3) is 0 Å². The van der Waals surface area contributed by atoms with Crippen molar-refractivity contribution in [2.24, 2.45) is 17.8 Å². The molecule has 6 rings (SSSR count). The Hall–Kier alpha value is -2.99. The molecular weight excluding hydrogens is 541 g/mol. The minimum absolute atomic E-state index is 0.151. The molecule has 11 heteroatoms. The van der Waals surface area contributed by atoms with Gasteiger partial charge in [-0.15, -0.1) is 11.3 Å². The first kappa shape index (κ1) is 26.2. The number of carbonyl (C=O) groups excluding carboxylic acids is 1. The van der Waals surface area contributed by atoms with E-state index in [2.05, 4.69) is 0 Å². The number of rotatable bonds is 8. The molecule has 2 saturated heterocycles. The molecule has 1 aromatic heterocycles. The van der Waals surface area contributed by atoms with E-state index in [4.69, 9.17) is 9.47 Å². The summed E-state index contributed by atoms with van der Waals surface area (Å²) in [7, 11) is -2.07. The van der Waals surface area contributed by atoms with Crippen LogP contribution in [0.5, 0.6) is 5.75 Å². The molecule has 1 aliphatic carbocycles. The van der Waals surface area contributed by atoms with Gasteiger partial charge in [0.25, 0.3) is 5.91 Å². The number of piperidine rings is 1. The van der Waals surface area contributed by atoms with Gasteiger partial charge in [0, 0.05) is 38.4 Å². The molecule has 3 aliphatic rings. The van der Waals surface area contributed by atoms with Crippen molar-refractivity contribution in [2.45, 2.75) is 4.90 Å². The second-order valence-corrected chi connectivity index (χ2v) is 13.0. The van der Waals surface area contributed by atoms with Crippen LogP contribution in [0.1, 0.15) is 9.67 Å². The number of halogens is 1. The molecule has 39 heavy (non-hydrogen) atoms. The molecule has 1 saturated carbocycles. The molecule has 2 aromatic carbocycles. The van der Waals surface area contributed by atoms with Crippen LogP contribution in [0.2, 0.25) is 0 Å². The summed E-state index contributed by atoms with van der Waals surface area (Å²) < 4.78 is 53.7. The smallest absolute Gasteiger partial charge is 0.268 e. The molecular formula is C28H30FN3O5S2. The highest BCUT2D eigenvalue weighted by atomic mass is 32.2. The summed E-state index contributed by atoms with van der Waals surface area (Å²) in [6.45, 7) is 3.59. The van der Waals surface area contributed by atoms with Crippen LogP contribution < -0.4 is 14.5 Å². The standard InChI is InChI=1S/C28H30FN3O5S2/c1-36-20-5-7-21(8-6-20)39(34,35)31-16-22-23(17-31)24(22)18-32(28(33)27-3-2-14-38-27)19-4-9-26(25(29)15-19)30-10-12-37-13-11-30/h2-9,14-15,22-24H,10-13,16-18H2,1H3. The van der Waals surface area contributed by atoms with Crippen molar-refractivity contribution in [3.05, 3.63) is 70.7 Å². The number of hydrogen-bond donors (Lipinski definition) is 0. The summed E-state index contributed by atoms with van der Waals surface area (Å²) in [5.74, 6) is 0.534. The fraction of sp³-hybridized carbons (Fsp3) is 0.393. The van der Waals surface area contributed by atoms with Crippen LogP contribution >= 0.6 is 11.3 Å². The summed E-state index contributed by atoms with van der Waals surface area (Å²) in [5.41, 5.74) is 1.02. The summed E-state index contributed by atoms with van der Waals surface area (Å²) in [5, 5.41) is 1.85. The van der Waals surface area contributed by atoms with E-state index in [1.807, 2.05) is 16.3 Å². The SMILES string of the molecule is COc1ccc(S(=O)(=O)N2CC3C(CN(C(=O)c4cccs4)c4ccc(N5CCOCC5)c(F)c4)C3C2)cc1. The van der Waals surface area contributed by atoms with Crippen LogP contribution in [0.4, 0.5) is 15.8 Å². The fourth-order valence-electron chi connectivity index (χ4n) is 5.75. The van der Waals surface area contributed by atoms with Crippen molar-refractivity contribution >= 4 is 38.6 Å². The number of fused-ring (bicyclic) bond motifs is 1. The van der Waals surface area contributed by atoms with Gasteiger partial charge in [0.2, 0.25) is 10.0 Å². The number of ether oxygens (including phenoxy) is 2. The van der Waals surface area contributed by atoms with E-state index in [1.54, 1.807) is 47.4 Å². The number of carbonyl (C=O) groups is 1. The topological polar surface area (TPSA) is 79.4 Å². The predicted molar refractivity (Wildman–Crippen MR) is 148 cm³/mol. The predicted octanol–water partition coefficient (Wildman–Crippen LogP) is 3.95. The highest BCUT2D eigenvalue weighted by Gasteiger charge is 2.58. The van der Waals surface area contributed by atoms with E-state index in [9.17, 15) is 13.2 Å². The number of morpholine rings is 1. The first-order chi connectivity index (χ1) is 18.9. The maximum Gasteiger partial charge on any atom is 0.268 e. The highest BCUT2D eigenvalue weighted by molar-refractivity contribution is 7.89. The average molecular weight is 572 g/mol. The number of methoxy groups -OCH3 is 1. The quantitative estimate of drug-likeness (QED) is 0.408. The van der Waals surface area contributed by atoms with Crippen molar-refractivity contribution in [1.29, 1.82) is 0 Å². The zero-order valence-corrected chi connectivity index (χ0v) is 23.2. The Kier molecular flexibility index (Phi) is 7.09. The molecule has 8 nitrogen and oxygen atoms in total. The lowest BCUT2D eigenvalue weighted by molar-refractivity contribution is 0.0988. The number of amides is 1. The summed E-state index contributed by atoms with van der Waals surface area (Å²) in [6.07, 6.45) is 0. The van der Waals surface area contributed by atoms with Gasteiger partial charge in [-0.25, -0.2) is 12.8 Å². The van der Waals surface area contributed by atoms with Crippen molar-refractivity contribution < 1.29 is 27.1 Å². The summed E-state index contributed by atoms with van der Waals surface area (Å²) in [6, 6.07) is 15.0. The Morgan fingerprint density at radius 2 is 1.82 bits per heavy atom. The zero-order chi connectivity index (χ0) is 27.1. The van der Waals surface area contributed by atoms with Gasteiger partial charge in [-0.05, 0) is 71.7 Å². The lowest BCUT2D eigenvalue weighted by atomic mass is 10.2. The first-order valence-electron chi connectivity index (χ1n) is 13.0. The van der Waals surface area contributed by atoms with Gasteiger partial charge in [0.15, 0.2) is 0 Å². The molecule has 1 amide bonds. The maximum absolute atomic E-state index is 15.3. The van der Waals surface area contributed by atoms with Gasteiger partial charge in [-0.2, -0.15) is 4.31 Å². The molecule has 3 aromatic rings. The third kappa shape index (κ3) is 5.04. The van der Waals surface area contributed by atoms with Gasteiger partial charge in [-0.1, -0.05) is 6.07 Å². The third-order valence-electron chi connectivity index (χ3n) is 8.00. The fourth-order valence-corrected chi connectivity index (χ4v) is 7.94. The van der Waals surface area contributed by atoms with Crippen LogP contribution in [0, 0.1) is 23.6 Å². The third-order valence-corrected chi connectivity index (χ3v) is 10.7. The molecule has 2 aliphatic heterocycles. The second kappa shape index (κ2) is 10.5. The molecule has 2 atom stereocenters. The van der Waals surface area contributed by atoms with E-state index in [0.29, 0.717) is 67.9 Å². The van der Waals surface area contributed by atoms with E-state index >= 15 is 4.39 Å². The van der Waals surface area contributed by atoms with Crippen molar-refractivity contribution in [3.63, 3.8) is 0 Å². The number of nitrogens with zero attached hydrogens (tertiary/aromatic N) is 3. The Morgan fingerprint density at radius 3 is 2.44 bits per heavy atom. The largest absolute Gasteiger partial charge is 0.497 e. The lowest BCUT2D eigenvalue weighted by Crippen LogP contribution is -2.37. The lowest BCUT2D eigenvalue weighted by Gasteiger charge is -2.30. The van der Waals surface area contributed by atoms with Gasteiger partial charge >= 0.3 is 0 Å². The zero-order valence-electron chi connectivity index (χ0n) is 21.5. The molecule has 0 radical (unpaired) electrons. The van der Waals surface area contributed by atoms with Gasteiger partial charge in [0.1, 0.15) is 11.6 Å². The second-order valence-electron chi connectivity index (χ2n) is 10.1. The number of sulfonamides is 1. The highest BCUT2D eigenvalue weighted by Crippen LogP contribution is 2.53. The van der Waals surface area contributed by atoms with E-state index in [-0.39, 0.29) is 34.4 Å². The molecule has 206 valence electrons.